The van der Waals surface area contributed by atoms with Crippen LogP contribution in [0, 0.1) is 0 Å². The number of carbonyl (C=O) groups excluding carboxylic acids is 3. The summed E-state index contributed by atoms with van der Waals surface area (Å²) in [5, 5.41) is 5.94. The number of rotatable bonds is 10. The quantitative estimate of drug-likeness (QED) is 0.227. The highest BCUT2D eigenvalue weighted by Gasteiger charge is 2.31. The molecule has 38 heavy (non-hydrogen) atoms. The molecule has 8 heteroatoms. The van der Waals surface area contributed by atoms with Crippen LogP contribution in [-0.4, -0.2) is 49.4 Å². The van der Waals surface area contributed by atoms with Gasteiger partial charge in [0, 0.05) is 35.3 Å². The lowest BCUT2D eigenvalue weighted by atomic mass is 9.83. The highest BCUT2D eigenvalue weighted by molar-refractivity contribution is 6.30. The van der Waals surface area contributed by atoms with Crippen LogP contribution in [0.4, 0.5) is 10.5 Å². The predicted octanol–water partition coefficient (Wildman–Crippen LogP) is 4.96. The molecule has 0 spiro atoms. The van der Waals surface area contributed by atoms with Gasteiger partial charge < -0.3 is 19.5 Å². The number of amides is 1. The Morgan fingerprint density at radius 3 is 2.21 bits per heavy atom. The summed E-state index contributed by atoms with van der Waals surface area (Å²) in [5.41, 5.74) is 2.53. The Balaban J connectivity index is 1.30. The number of benzene rings is 3. The average Bonchev–Trinajstić information content (AvgIpc) is 2.88. The molecule has 1 aliphatic carbocycles. The van der Waals surface area contributed by atoms with Crippen molar-refractivity contribution in [2.24, 2.45) is 0 Å². The Kier molecular flexibility index (Phi) is 8.55. The van der Waals surface area contributed by atoms with Crippen molar-refractivity contribution in [1.29, 1.82) is 0 Å². The molecule has 3 aromatic carbocycles. The van der Waals surface area contributed by atoms with E-state index in [0.29, 0.717) is 40.9 Å². The summed E-state index contributed by atoms with van der Waals surface area (Å²) >= 11 is 0. The number of alkyl carbamates (subject to hydrolysis) is 1. The van der Waals surface area contributed by atoms with Gasteiger partial charge in [0.1, 0.15) is 18.6 Å². The van der Waals surface area contributed by atoms with Crippen LogP contribution >= 0.6 is 0 Å². The molecule has 1 aliphatic rings. The maximum atomic E-state index is 13.1. The van der Waals surface area contributed by atoms with E-state index in [0.717, 1.165) is 5.56 Å². The number of nitrogens with one attached hydrogen (secondary N) is 2. The van der Waals surface area contributed by atoms with E-state index in [4.69, 9.17) is 14.2 Å². The molecule has 4 rings (SSSR count). The number of anilines is 1. The summed E-state index contributed by atoms with van der Waals surface area (Å²) < 4.78 is 16.8. The fourth-order valence-corrected chi connectivity index (χ4v) is 4.16. The van der Waals surface area contributed by atoms with Crippen LogP contribution in [0.15, 0.2) is 72.8 Å². The summed E-state index contributed by atoms with van der Waals surface area (Å²) in [6, 6.07) is 21.7. The van der Waals surface area contributed by atoms with Crippen molar-refractivity contribution in [2.45, 2.75) is 39.0 Å². The first-order valence-electron chi connectivity index (χ1n) is 12.5. The minimum Gasteiger partial charge on any atom is -0.444 e. The third kappa shape index (κ3) is 6.85. The fourth-order valence-electron chi connectivity index (χ4n) is 4.16. The van der Waals surface area contributed by atoms with Gasteiger partial charge in [0.2, 0.25) is 0 Å². The molecule has 2 N–H and O–H groups in total. The molecular formula is C30H32N2O6. The molecule has 0 heterocycles. The van der Waals surface area contributed by atoms with Gasteiger partial charge in [-0.25, -0.2) is 4.79 Å². The molecular weight excluding hydrogens is 484 g/mol. The molecule has 0 saturated carbocycles. The van der Waals surface area contributed by atoms with Crippen LogP contribution in [0.1, 0.15) is 58.2 Å². The van der Waals surface area contributed by atoms with Crippen LogP contribution in [0.5, 0.6) is 0 Å². The number of fused-ring (bicyclic) bond motifs is 2. The van der Waals surface area contributed by atoms with Crippen molar-refractivity contribution in [1.82, 2.24) is 5.32 Å². The van der Waals surface area contributed by atoms with Crippen molar-refractivity contribution >= 4 is 23.3 Å². The molecule has 0 fully saturated rings. The number of hydrogen-bond donors (Lipinski definition) is 2. The largest absolute Gasteiger partial charge is 0.444 e. The summed E-state index contributed by atoms with van der Waals surface area (Å²) in [6.45, 7) is 5.97. The summed E-state index contributed by atoms with van der Waals surface area (Å²) in [4.78, 5) is 38.3. The number of ether oxygens (including phenoxy) is 3. The van der Waals surface area contributed by atoms with Gasteiger partial charge in [-0.2, -0.15) is 0 Å². The monoisotopic (exact) mass is 516 g/mol. The van der Waals surface area contributed by atoms with E-state index in [1.54, 1.807) is 63.2 Å². The molecule has 8 nitrogen and oxygen atoms in total. The maximum Gasteiger partial charge on any atom is 0.409 e. The van der Waals surface area contributed by atoms with Gasteiger partial charge in [-0.1, -0.05) is 66.7 Å². The Morgan fingerprint density at radius 1 is 0.842 bits per heavy atom. The van der Waals surface area contributed by atoms with E-state index in [1.807, 2.05) is 30.3 Å². The second kappa shape index (κ2) is 12.0. The van der Waals surface area contributed by atoms with Crippen molar-refractivity contribution in [2.75, 3.05) is 25.3 Å². The zero-order valence-corrected chi connectivity index (χ0v) is 21.8. The van der Waals surface area contributed by atoms with E-state index in [2.05, 4.69) is 10.6 Å². The van der Waals surface area contributed by atoms with Crippen molar-refractivity contribution < 1.29 is 28.6 Å². The maximum absolute atomic E-state index is 13.1. The highest BCUT2D eigenvalue weighted by atomic mass is 16.7. The molecule has 1 atom stereocenters. The molecule has 198 valence electrons. The highest BCUT2D eigenvalue weighted by Crippen LogP contribution is 2.31. The Hall–Kier alpha value is -4.01. The molecule has 0 aliphatic heterocycles. The average molecular weight is 517 g/mol. The van der Waals surface area contributed by atoms with Crippen LogP contribution in [0.2, 0.25) is 0 Å². The minimum absolute atomic E-state index is 0.0628. The topological polar surface area (TPSA) is 103 Å². The minimum atomic E-state index is -0.648. The second-order valence-electron chi connectivity index (χ2n) is 9.88. The van der Waals surface area contributed by atoms with Gasteiger partial charge in [-0.3, -0.25) is 14.9 Å². The lowest BCUT2D eigenvalue weighted by Crippen LogP contribution is -2.42. The van der Waals surface area contributed by atoms with Crippen molar-refractivity contribution in [3.8, 4) is 0 Å². The lowest BCUT2D eigenvalue weighted by molar-refractivity contribution is -0.0963. The van der Waals surface area contributed by atoms with E-state index >= 15 is 0 Å². The molecule has 0 saturated heterocycles. The molecule has 1 amide bonds. The second-order valence-corrected chi connectivity index (χ2v) is 9.88. The summed E-state index contributed by atoms with van der Waals surface area (Å²) in [6.07, 6.45) is -0.782. The zero-order valence-electron chi connectivity index (χ0n) is 21.8. The normalized spacial score (nSPS) is 13.3. The van der Waals surface area contributed by atoms with Gasteiger partial charge in [0.15, 0.2) is 11.6 Å². The van der Waals surface area contributed by atoms with Crippen LogP contribution < -0.4 is 10.6 Å². The summed E-state index contributed by atoms with van der Waals surface area (Å²) in [5.74, 6) is -0.343. The van der Waals surface area contributed by atoms with E-state index in [9.17, 15) is 14.4 Å². The van der Waals surface area contributed by atoms with Gasteiger partial charge in [0.25, 0.3) is 0 Å². The Morgan fingerprint density at radius 2 is 1.50 bits per heavy atom. The van der Waals surface area contributed by atoms with Crippen molar-refractivity contribution in [3.05, 3.63) is 101 Å². The predicted molar refractivity (Wildman–Crippen MR) is 143 cm³/mol. The van der Waals surface area contributed by atoms with Gasteiger partial charge >= 0.3 is 6.09 Å². The molecule has 0 radical (unpaired) electrons. The first kappa shape index (κ1) is 27.0. The van der Waals surface area contributed by atoms with Crippen molar-refractivity contribution in [3.63, 3.8) is 0 Å². The zero-order chi connectivity index (χ0) is 27.1. The van der Waals surface area contributed by atoms with Crippen LogP contribution in [0.3, 0.4) is 0 Å². The van der Waals surface area contributed by atoms with E-state index in [1.165, 1.54) is 0 Å². The Labute approximate surface area is 222 Å². The number of hydrogen-bond acceptors (Lipinski definition) is 7. The van der Waals surface area contributed by atoms with Gasteiger partial charge in [0.05, 0.1) is 12.2 Å². The molecule has 0 bridgehead atoms. The van der Waals surface area contributed by atoms with E-state index in [-0.39, 0.29) is 25.0 Å². The Bertz CT molecular complexity index is 1300. The third-order valence-electron chi connectivity index (χ3n) is 5.81. The molecule has 0 unspecified atom stereocenters. The third-order valence-corrected chi connectivity index (χ3v) is 5.81. The molecule has 3 aromatic rings. The standard InChI is InChI=1S/C30H32N2O6/c1-30(2,3)38-29(35)32-25(18-20-10-5-4-6-11-20)37-19-36-17-16-31-24-15-9-14-23-26(24)28(34)22-13-8-7-12-21(22)27(23)33/h4-15,25,31H,16-19H2,1-3H3,(H,32,35)/t25-/m0/s1. The van der Waals surface area contributed by atoms with E-state index < -0.39 is 17.9 Å². The first-order chi connectivity index (χ1) is 18.2. The first-order valence-corrected chi connectivity index (χ1v) is 12.5. The lowest BCUT2D eigenvalue weighted by Gasteiger charge is -2.24. The fraction of sp³-hybridized carbons (Fsp3) is 0.300. The number of ketones is 2. The van der Waals surface area contributed by atoms with Crippen LogP contribution in [-0.2, 0) is 20.6 Å². The van der Waals surface area contributed by atoms with Gasteiger partial charge in [-0.15, -0.1) is 0 Å². The summed E-state index contributed by atoms with van der Waals surface area (Å²) in [7, 11) is 0. The smallest absolute Gasteiger partial charge is 0.409 e. The molecule has 0 aromatic heterocycles. The van der Waals surface area contributed by atoms with Crippen LogP contribution in [0.25, 0.3) is 0 Å². The SMILES string of the molecule is CC(C)(C)OC(=O)N[C@H](Cc1ccccc1)OCOCCNc1cccc2c1C(=O)c1ccccc1C2=O. The van der Waals surface area contributed by atoms with Gasteiger partial charge in [-0.05, 0) is 32.4 Å². The number of carbonyl (C=O) groups is 3.